The van der Waals surface area contributed by atoms with E-state index in [0.29, 0.717) is 16.7 Å². The molecule has 0 bridgehead atoms. The van der Waals surface area contributed by atoms with Crippen LogP contribution in [-0.2, 0) is 4.79 Å². The van der Waals surface area contributed by atoms with Crippen molar-refractivity contribution in [3.05, 3.63) is 28.7 Å². The molecule has 1 aromatic heterocycles. The van der Waals surface area contributed by atoms with E-state index in [2.05, 4.69) is 15.3 Å². The molecule has 6 heteroatoms. The standard InChI is InChI=1S/C12H16N4O2/c1-6(2)10(13)11(17)14-7-3-4-8-9(5-7)16-12(18)15-8/h3-6,10H,13H2,1-2H3,(H,14,17)(H2,15,16,18). The molecule has 6 nitrogen and oxygen atoms in total. The Kier molecular flexibility index (Phi) is 3.20. The van der Waals surface area contributed by atoms with Gasteiger partial charge in [0, 0.05) is 5.69 Å². The smallest absolute Gasteiger partial charge is 0.323 e. The van der Waals surface area contributed by atoms with Crippen molar-refractivity contribution < 1.29 is 4.79 Å². The molecular weight excluding hydrogens is 232 g/mol. The molecule has 0 spiro atoms. The van der Waals surface area contributed by atoms with Crippen LogP contribution in [0.25, 0.3) is 11.0 Å². The first-order chi connectivity index (χ1) is 8.47. The maximum atomic E-state index is 11.8. The van der Waals surface area contributed by atoms with Gasteiger partial charge in [0.1, 0.15) is 0 Å². The Bertz CT molecular complexity index is 626. The summed E-state index contributed by atoms with van der Waals surface area (Å²) < 4.78 is 0. The first-order valence-corrected chi connectivity index (χ1v) is 5.76. The Morgan fingerprint density at radius 2 is 1.94 bits per heavy atom. The number of nitrogens with one attached hydrogen (secondary N) is 3. The fourth-order valence-electron chi connectivity index (χ4n) is 1.64. The van der Waals surface area contributed by atoms with Gasteiger partial charge in [-0.15, -0.1) is 0 Å². The summed E-state index contributed by atoms with van der Waals surface area (Å²) in [4.78, 5) is 28.1. The summed E-state index contributed by atoms with van der Waals surface area (Å²) >= 11 is 0. The number of aromatic nitrogens is 2. The summed E-state index contributed by atoms with van der Waals surface area (Å²) in [6, 6.07) is 4.59. The maximum Gasteiger partial charge on any atom is 0.323 e. The van der Waals surface area contributed by atoms with Gasteiger partial charge < -0.3 is 21.0 Å². The summed E-state index contributed by atoms with van der Waals surface area (Å²) in [7, 11) is 0. The van der Waals surface area contributed by atoms with Gasteiger partial charge in [-0.25, -0.2) is 4.79 Å². The Morgan fingerprint density at radius 3 is 2.61 bits per heavy atom. The van der Waals surface area contributed by atoms with E-state index in [4.69, 9.17) is 5.73 Å². The summed E-state index contributed by atoms with van der Waals surface area (Å²) in [5, 5.41) is 2.72. The molecule has 1 atom stereocenters. The molecule has 0 aliphatic heterocycles. The van der Waals surface area contributed by atoms with Crippen LogP contribution in [0.15, 0.2) is 23.0 Å². The number of benzene rings is 1. The molecule has 0 fully saturated rings. The molecule has 1 aromatic carbocycles. The van der Waals surface area contributed by atoms with Crippen molar-refractivity contribution in [2.75, 3.05) is 5.32 Å². The highest BCUT2D eigenvalue weighted by atomic mass is 16.2. The van der Waals surface area contributed by atoms with Gasteiger partial charge in [0.15, 0.2) is 0 Å². The van der Waals surface area contributed by atoms with Crippen LogP contribution in [0.2, 0.25) is 0 Å². The molecule has 1 unspecified atom stereocenters. The first-order valence-electron chi connectivity index (χ1n) is 5.76. The van der Waals surface area contributed by atoms with Gasteiger partial charge in [0.2, 0.25) is 5.91 Å². The van der Waals surface area contributed by atoms with Crippen LogP contribution in [0, 0.1) is 5.92 Å². The molecule has 2 rings (SSSR count). The highest BCUT2D eigenvalue weighted by Crippen LogP contribution is 2.15. The van der Waals surface area contributed by atoms with Gasteiger partial charge in [-0.2, -0.15) is 0 Å². The molecule has 0 aliphatic carbocycles. The minimum Gasteiger partial charge on any atom is -0.325 e. The third-order valence-corrected chi connectivity index (χ3v) is 2.80. The second-order valence-corrected chi connectivity index (χ2v) is 4.60. The second-order valence-electron chi connectivity index (χ2n) is 4.60. The number of hydrogen-bond donors (Lipinski definition) is 4. The summed E-state index contributed by atoms with van der Waals surface area (Å²) in [5.74, 6) is -0.164. The van der Waals surface area contributed by atoms with Crippen LogP contribution in [0.5, 0.6) is 0 Å². The predicted molar refractivity (Wildman–Crippen MR) is 70.4 cm³/mol. The van der Waals surface area contributed by atoms with E-state index < -0.39 is 6.04 Å². The highest BCUT2D eigenvalue weighted by molar-refractivity contribution is 5.96. The van der Waals surface area contributed by atoms with Crippen LogP contribution in [0.4, 0.5) is 5.69 Å². The number of nitrogens with two attached hydrogens (primary N) is 1. The number of carbonyl (C=O) groups is 1. The van der Waals surface area contributed by atoms with Crippen LogP contribution < -0.4 is 16.7 Å². The lowest BCUT2D eigenvalue weighted by Gasteiger charge is -2.15. The second kappa shape index (κ2) is 4.66. The number of fused-ring (bicyclic) bond motifs is 1. The number of aromatic amines is 2. The first kappa shape index (κ1) is 12.4. The van der Waals surface area contributed by atoms with Gasteiger partial charge in [-0.1, -0.05) is 13.8 Å². The van der Waals surface area contributed by atoms with Crippen LogP contribution in [0.3, 0.4) is 0 Å². The molecule has 0 saturated heterocycles. The van der Waals surface area contributed by atoms with Gasteiger partial charge in [-0.3, -0.25) is 4.79 Å². The van der Waals surface area contributed by atoms with Gasteiger partial charge in [-0.05, 0) is 24.1 Å². The zero-order valence-electron chi connectivity index (χ0n) is 10.3. The van der Waals surface area contributed by atoms with Gasteiger partial charge in [0.05, 0.1) is 17.1 Å². The lowest BCUT2D eigenvalue weighted by Crippen LogP contribution is -2.39. The quantitative estimate of drug-likeness (QED) is 0.645. The van der Waals surface area contributed by atoms with E-state index in [9.17, 15) is 9.59 Å². The largest absolute Gasteiger partial charge is 0.325 e. The van der Waals surface area contributed by atoms with Gasteiger partial charge in [0.25, 0.3) is 0 Å². The Balaban J connectivity index is 2.21. The third kappa shape index (κ3) is 2.43. The van der Waals surface area contributed by atoms with E-state index in [-0.39, 0.29) is 17.5 Å². The lowest BCUT2D eigenvalue weighted by atomic mass is 10.0. The van der Waals surface area contributed by atoms with Crippen LogP contribution in [-0.4, -0.2) is 21.9 Å². The van der Waals surface area contributed by atoms with E-state index >= 15 is 0 Å². The van der Waals surface area contributed by atoms with Crippen LogP contribution in [0.1, 0.15) is 13.8 Å². The topological polar surface area (TPSA) is 104 Å². The summed E-state index contributed by atoms with van der Waals surface area (Å²) in [6.45, 7) is 3.77. The van der Waals surface area contributed by atoms with Crippen molar-refractivity contribution in [3.63, 3.8) is 0 Å². The Hall–Kier alpha value is -2.08. The number of imidazole rings is 1. The maximum absolute atomic E-state index is 11.8. The van der Waals surface area contributed by atoms with E-state index in [1.54, 1.807) is 18.2 Å². The van der Waals surface area contributed by atoms with Crippen LogP contribution >= 0.6 is 0 Å². The monoisotopic (exact) mass is 248 g/mol. The third-order valence-electron chi connectivity index (χ3n) is 2.80. The molecule has 0 radical (unpaired) electrons. The van der Waals surface area contributed by atoms with Crippen molar-refractivity contribution in [2.45, 2.75) is 19.9 Å². The molecule has 0 saturated carbocycles. The molecular formula is C12H16N4O2. The van der Waals surface area contributed by atoms with E-state index in [0.717, 1.165) is 0 Å². The average Bonchev–Trinajstić information content (AvgIpc) is 2.67. The highest BCUT2D eigenvalue weighted by Gasteiger charge is 2.17. The molecule has 1 heterocycles. The van der Waals surface area contributed by atoms with Crippen molar-refractivity contribution in [1.29, 1.82) is 0 Å². The van der Waals surface area contributed by atoms with Gasteiger partial charge >= 0.3 is 5.69 Å². The van der Waals surface area contributed by atoms with Crippen molar-refractivity contribution in [1.82, 2.24) is 9.97 Å². The molecule has 5 N–H and O–H groups in total. The number of H-pyrrole nitrogens is 2. The number of hydrogen-bond acceptors (Lipinski definition) is 3. The predicted octanol–water partition coefficient (Wildman–Crippen LogP) is 0.778. The molecule has 2 aromatic rings. The van der Waals surface area contributed by atoms with Crippen molar-refractivity contribution in [2.24, 2.45) is 11.7 Å². The fourth-order valence-corrected chi connectivity index (χ4v) is 1.64. The Morgan fingerprint density at radius 1 is 1.28 bits per heavy atom. The average molecular weight is 248 g/mol. The lowest BCUT2D eigenvalue weighted by molar-refractivity contribution is -0.118. The summed E-state index contributed by atoms with van der Waals surface area (Å²) in [5.41, 5.74) is 7.44. The number of anilines is 1. The van der Waals surface area contributed by atoms with E-state index in [1.165, 1.54) is 0 Å². The molecule has 0 aliphatic rings. The van der Waals surface area contributed by atoms with E-state index in [1.807, 2.05) is 13.8 Å². The fraction of sp³-hybridized carbons (Fsp3) is 0.333. The Labute approximate surface area is 104 Å². The number of rotatable bonds is 3. The minimum atomic E-state index is -0.550. The van der Waals surface area contributed by atoms with Crippen molar-refractivity contribution in [3.8, 4) is 0 Å². The normalized spacial score (nSPS) is 12.9. The minimum absolute atomic E-state index is 0.0702. The number of carbonyl (C=O) groups excluding carboxylic acids is 1. The molecule has 18 heavy (non-hydrogen) atoms. The molecule has 96 valence electrons. The summed E-state index contributed by atoms with van der Waals surface area (Å²) in [6.07, 6.45) is 0. The molecule has 1 amide bonds. The zero-order valence-corrected chi connectivity index (χ0v) is 10.3. The zero-order chi connectivity index (χ0) is 13.3. The SMILES string of the molecule is CC(C)C(N)C(=O)Nc1ccc2[nH]c(=O)[nH]c2c1. The number of amides is 1. The van der Waals surface area contributed by atoms with Crippen molar-refractivity contribution >= 4 is 22.6 Å².